The van der Waals surface area contributed by atoms with E-state index in [0.29, 0.717) is 0 Å². The molecule has 4 heteroatoms. The number of hydrogen-bond donors (Lipinski definition) is 1. The van der Waals surface area contributed by atoms with Crippen molar-refractivity contribution >= 4 is 27.3 Å². The highest BCUT2D eigenvalue weighted by Gasteiger charge is 2.42. The fourth-order valence-corrected chi connectivity index (χ4v) is 4.70. The van der Waals surface area contributed by atoms with Crippen LogP contribution in [0.25, 0.3) is 0 Å². The summed E-state index contributed by atoms with van der Waals surface area (Å²) in [4.78, 5) is 3.52. The standard InChI is InChI=1S/C15H24BrNOS/c1-11-6-8-15(9-7-11,17(2)3)13(18)10-12-4-5-14(16)19-12/h4-5,11,13,18H,6-10H2,1-3H3. The predicted molar refractivity (Wildman–Crippen MR) is 85.8 cm³/mol. The molecule has 0 saturated heterocycles. The molecule has 0 bridgehead atoms. The molecule has 1 fully saturated rings. The Morgan fingerprint density at radius 2 is 2.05 bits per heavy atom. The number of aliphatic hydroxyl groups excluding tert-OH is 1. The molecule has 0 aliphatic heterocycles. The molecular weight excluding hydrogens is 322 g/mol. The Morgan fingerprint density at radius 3 is 2.53 bits per heavy atom. The average Bonchev–Trinajstić information content (AvgIpc) is 2.75. The molecule has 0 aromatic carbocycles. The predicted octanol–water partition coefficient (Wildman–Crippen LogP) is 3.92. The normalized spacial score (nSPS) is 29.7. The van der Waals surface area contributed by atoms with E-state index in [0.717, 1.165) is 29.0 Å². The van der Waals surface area contributed by atoms with Gasteiger partial charge < -0.3 is 10.0 Å². The first-order chi connectivity index (χ1) is 8.94. The largest absolute Gasteiger partial charge is 0.391 e. The van der Waals surface area contributed by atoms with Crippen molar-refractivity contribution in [2.75, 3.05) is 14.1 Å². The lowest BCUT2D eigenvalue weighted by Crippen LogP contribution is -2.56. The van der Waals surface area contributed by atoms with Gasteiger partial charge in [-0.2, -0.15) is 0 Å². The van der Waals surface area contributed by atoms with Crippen molar-refractivity contribution in [3.05, 3.63) is 20.8 Å². The number of aliphatic hydroxyl groups is 1. The zero-order chi connectivity index (χ0) is 14.0. The topological polar surface area (TPSA) is 23.5 Å². The Kier molecular flexibility index (Phi) is 5.09. The fourth-order valence-electron chi connectivity index (χ4n) is 3.18. The molecular formula is C15H24BrNOS. The van der Waals surface area contributed by atoms with Gasteiger partial charge in [-0.05, 0) is 73.8 Å². The third-order valence-electron chi connectivity index (χ3n) is 4.67. The Morgan fingerprint density at radius 1 is 1.42 bits per heavy atom. The third kappa shape index (κ3) is 3.41. The van der Waals surface area contributed by atoms with Crippen LogP contribution in [0.4, 0.5) is 0 Å². The molecule has 1 saturated carbocycles. The van der Waals surface area contributed by atoms with Gasteiger partial charge in [0, 0.05) is 16.8 Å². The monoisotopic (exact) mass is 345 g/mol. The van der Waals surface area contributed by atoms with Gasteiger partial charge in [0.25, 0.3) is 0 Å². The minimum absolute atomic E-state index is 0.0387. The summed E-state index contributed by atoms with van der Waals surface area (Å²) in [5.41, 5.74) is -0.0387. The lowest BCUT2D eigenvalue weighted by atomic mass is 9.72. The van der Waals surface area contributed by atoms with Gasteiger partial charge in [-0.25, -0.2) is 0 Å². The van der Waals surface area contributed by atoms with Crippen LogP contribution in [0.15, 0.2) is 15.9 Å². The van der Waals surface area contributed by atoms with Crippen molar-refractivity contribution in [1.29, 1.82) is 0 Å². The number of likely N-dealkylation sites (N-methyl/N-ethyl adjacent to an activating group) is 1. The van der Waals surface area contributed by atoms with Gasteiger partial charge in [0.2, 0.25) is 0 Å². The molecule has 1 aromatic heterocycles. The molecule has 1 aliphatic rings. The first-order valence-corrected chi connectivity index (χ1v) is 8.65. The second-order valence-corrected chi connectivity index (χ2v) is 8.65. The van der Waals surface area contributed by atoms with Crippen LogP contribution in [0.1, 0.15) is 37.5 Å². The highest BCUT2D eigenvalue weighted by molar-refractivity contribution is 9.11. The van der Waals surface area contributed by atoms with E-state index in [2.05, 4.69) is 54.0 Å². The zero-order valence-electron chi connectivity index (χ0n) is 12.0. The summed E-state index contributed by atoms with van der Waals surface area (Å²) in [5, 5.41) is 10.8. The molecule has 1 N–H and O–H groups in total. The van der Waals surface area contributed by atoms with Crippen LogP contribution in [-0.4, -0.2) is 35.7 Å². The highest BCUT2D eigenvalue weighted by Crippen LogP contribution is 2.39. The second kappa shape index (κ2) is 6.25. The van der Waals surface area contributed by atoms with Crippen LogP contribution in [0, 0.1) is 5.92 Å². The van der Waals surface area contributed by atoms with E-state index >= 15 is 0 Å². The van der Waals surface area contributed by atoms with E-state index in [-0.39, 0.29) is 11.6 Å². The zero-order valence-corrected chi connectivity index (χ0v) is 14.4. The number of rotatable bonds is 4. The molecule has 0 amide bonds. The number of halogens is 1. The molecule has 1 unspecified atom stereocenters. The van der Waals surface area contributed by atoms with Crippen LogP contribution in [-0.2, 0) is 6.42 Å². The van der Waals surface area contributed by atoms with E-state index in [9.17, 15) is 5.11 Å². The average molecular weight is 346 g/mol. The molecule has 108 valence electrons. The number of nitrogens with zero attached hydrogens (tertiary/aromatic N) is 1. The Hall–Kier alpha value is 0.1000. The summed E-state index contributed by atoms with van der Waals surface area (Å²) in [6.07, 6.45) is 5.15. The molecule has 2 nitrogen and oxygen atoms in total. The Bertz CT molecular complexity index is 410. The second-order valence-electron chi connectivity index (χ2n) is 6.11. The van der Waals surface area contributed by atoms with Crippen LogP contribution < -0.4 is 0 Å². The van der Waals surface area contributed by atoms with Crippen molar-refractivity contribution in [2.24, 2.45) is 5.92 Å². The summed E-state index contributed by atoms with van der Waals surface area (Å²) in [6.45, 7) is 2.32. The summed E-state index contributed by atoms with van der Waals surface area (Å²) in [5.74, 6) is 0.802. The van der Waals surface area contributed by atoms with Crippen LogP contribution >= 0.6 is 27.3 Å². The van der Waals surface area contributed by atoms with E-state index < -0.39 is 0 Å². The molecule has 1 aromatic rings. The molecule has 0 radical (unpaired) electrons. The molecule has 1 aliphatic carbocycles. The summed E-state index contributed by atoms with van der Waals surface area (Å²) in [7, 11) is 4.23. The van der Waals surface area contributed by atoms with Gasteiger partial charge in [-0.1, -0.05) is 6.92 Å². The summed E-state index contributed by atoms with van der Waals surface area (Å²) < 4.78 is 1.14. The van der Waals surface area contributed by atoms with Gasteiger partial charge in [-0.15, -0.1) is 11.3 Å². The van der Waals surface area contributed by atoms with Gasteiger partial charge >= 0.3 is 0 Å². The van der Waals surface area contributed by atoms with E-state index in [1.165, 1.54) is 17.7 Å². The van der Waals surface area contributed by atoms with Gasteiger partial charge in [0.1, 0.15) is 0 Å². The minimum atomic E-state index is -0.277. The molecule has 2 rings (SSSR count). The first kappa shape index (κ1) is 15.5. The maximum atomic E-state index is 10.8. The minimum Gasteiger partial charge on any atom is -0.391 e. The molecule has 1 atom stereocenters. The van der Waals surface area contributed by atoms with E-state index in [1.807, 2.05) is 0 Å². The first-order valence-electron chi connectivity index (χ1n) is 7.04. The van der Waals surface area contributed by atoms with Gasteiger partial charge in [0.15, 0.2) is 0 Å². The van der Waals surface area contributed by atoms with Gasteiger partial charge in [0.05, 0.1) is 9.89 Å². The van der Waals surface area contributed by atoms with Crippen molar-refractivity contribution < 1.29 is 5.11 Å². The molecule has 1 heterocycles. The maximum absolute atomic E-state index is 10.8. The third-order valence-corrected chi connectivity index (χ3v) is 6.32. The Balaban J connectivity index is 2.10. The van der Waals surface area contributed by atoms with Crippen molar-refractivity contribution in [2.45, 2.75) is 50.7 Å². The van der Waals surface area contributed by atoms with Crippen LogP contribution in [0.5, 0.6) is 0 Å². The molecule has 0 spiro atoms. The van der Waals surface area contributed by atoms with Crippen LogP contribution in [0.3, 0.4) is 0 Å². The highest BCUT2D eigenvalue weighted by atomic mass is 79.9. The van der Waals surface area contributed by atoms with E-state index in [1.54, 1.807) is 11.3 Å². The van der Waals surface area contributed by atoms with Crippen molar-refractivity contribution in [3.63, 3.8) is 0 Å². The van der Waals surface area contributed by atoms with E-state index in [4.69, 9.17) is 0 Å². The summed E-state index contributed by atoms with van der Waals surface area (Å²) >= 11 is 5.22. The Labute approximate surface area is 129 Å². The van der Waals surface area contributed by atoms with Gasteiger partial charge in [-0.3, -0.25) is 0 Å². The van der Waals surface area contributed by atoms with Crippen molar-refractivity contribution in [3.8, 4) is 0 Å². The molecule has 19 heavy (non-hydrogen) atoms. The smallest absolute Gasteiger partial charge is 0.0771 e. The number of thiophene rings is 1. The lowest BCUT2D eigenvalue weighted by molar-refractivity contribution is -0.0378. The SMILES string of the molecule is CC1CCC(C(O)Cc2ccc(Br)s2)(N(C)C)CC1. The number of hydrogen-bond acceptors (Lipinski definition) is 3. The summed E-state index contributed by atoms with van der Waals surface area (Å²) in [6, 6.07) is 4.19. The lowest BCUT2D eigenvalue weighted by Gasteiger charge is -2.47. The van der Waals surface area contributed by atoms with Crippen LogP contribution in [0.2, 0.25) is 0 Å². The fraction of sp³-hybridized carbons (Fsp3) is 0.733. The quantitative estimate of drug-likeness (QED) is 0.893. The maximum Gasteiger partial charge on any atom is 0.0771 e. The van der Waals surface area contributed by atoms with Crippen molar-refractivity contribution in [1.82, 2.24) is 4.90 Å².